The lowest BCUT2D eigenvalue weighted by molar-refractivity contribution is -0.112. The Morgan fingerprint density at radius 1 is 1.14 bits per heavy atom. The zero-order valence-electron chi connectivity index (χ0n) is 15.9. The summed E-state index contributed by atoms with van der Waals surface area (Å²) in [4.78, 5) is 10.4. The van der Waals surface area contributed by atoms with Gasteiger partial charge in [0.2, 0.25) is 0 Å². The van der Waals surface area contributed by atoms with Crippen LogP contribution in [-0.2, 0) is 9.53 Å². The summed E-state index contributed by atoms with van der Waals surface area (Å²) >= 11 is 0. The van der Waals surface area contributed by atoms with Gasteiger partial charge in [-0.15, -0.1) is 0 Å². The van der Waals surface area contributed by atoms with Crippen LogP contribution < -0.4 is 0 Å². The molecule has 2 heteroatoms. The van der Waals surface area contributed by atoms with Crippen LogP contribution >= 0.6 is 0 Å². The van der Waals surface area contributed by atoms with Crippen molar-refractivity contribution in [2.75, 3.05) is 7.11 Å². The van der Waals surface area contributed by atoms with E-state index in [-0.39, 0.29) is 11.5 Å². The number of ether oxygens (including phenoxy) is 1. The van der Waals surface area contributed by atoms with Crippen molar-refractivity contribution >= 4 is 6.29 Å². The average Bonchev–Trinajstić information content (AvgIpc) is 2.84. The monoisotopic (exact) mass is 300 g/mol. The SMILES string of the molecule is CCC.CCC(C=O)CC(C)(C)C.COC1(C)CCCC1. The summed E-state index contributed by atoms with van der Waals surface area (Å²) in [5, 5.41) is 0. The summed E-state index contributed by atoms with van der Waals surface area (Å²) in [5.41, 5.74) is 0.529. The highest BCUT2D eigenvalue weighted by molar-refractivity contribution is 5.53. The van der Waals surface area contributed by atoms with E-state index in [1.54, 1.807) is 0 Å². The molecule has 0 bridgehead atoms. The molecule has 1 aliphatic carbocycles. The number of rotatable bonds is 4. The zero-order valence-corrected chi connectivity index (χ0v) is 15.9. The van der Waals surface area contributed by atoms with Gasteiger partial charge in [0.25, 0.3) is 0 Å². The van der Waals surface area contributed by atoms with Crippen molar-refractivity contribution in [2.24, 2.45) is 11.3 Å². The second-order valence-electron chi connectivity index (χ2n) is 7.64. The van der Waals surface area contributed by atoms with Crippen LogP contribution in [0, 0.1) is 11.3 Å². The number of methoxy groups -OCH3 is 1. The van der Waals surface area contributed by atoms with Crippen molar-refractivity contribution in [1.82, 2.24) is 0 Å². The van der Waals surface area contributed by atoms with Crippen LogP contribution in [-0.4, -0.2) is 19.0 Å². The standard InChI is InChI=1S/C9H18O.C7H14O.C3H8/c1-5-8(7-10)6-9(2,3)4;1-7(8-2)5-3-4-6-7;1-3-2/h7-8H,5-6H2,1-4H3;3-6H2,1-2H3;3H2,1-2H3. The van der Waals surface area contributed by atoms with Crippen LogP contribution in [0.2, 0.25) is 0 Å². The minimum absolute atomic E-state index is 0.236. The molecule has 0 N–H and O–H groups in total. The molecule has 0 amide bonds. The van der Waals surface area contributed by atoms with E-state index in [4.69, 9.17) is 4.74 Å². The maximum Gasteiger partial charge on any atom is 0.123 e. The lowest BCUT2D eigenvalue weighted by Crippen LogP contribution is -2.21. The lowest BCUT2D eigenvalue weighted by Gasteiger charge is -2.21. The summed E-state index contributed by atoms with van der Waals surface area (Å²) in [6.45, 7) is 15.0. The highest BCUT2D eigenvalue weighted by Crippen LogP contribution is 2.31. The molecule has 21 heavy (non-hydrogen) atoms. The molecule has 2 nitrogen and oxygen atoms in total. The molecule has 0 aromatic heterocycles. The lowest BCUT2D eigenvalue weighted by atomic mass is 9.84. The number of carbonyl (C=O) groups is 1. The van der Waals surface area contributed by atoms with E-state index >= 15 is 0 Å². The van der Waals surface area contributed by atoms with Crippen LogP contribution in [0.25, 0.3) is 0 Å². The Hall–Kier alpha value is -0.370. The van der Waals surface area contributed by atoms with Gasteiger partial charge in [0.05, 0.1) is 5.60 Å². The van der Waals surface area contributed by atoms with E-state index in [0.717, 1.165) is 19.1 Å². The third kappa shape index (κ3) is 14.3. The number of carbonyl (C=O) groups excluding carboxylic acids is 1. The summed E-state index contributed by atoms with van der Waals surface area (Å²) in [7, 11) is 1.81. The first-order chi connectivity index (χ1) is 9.67. The topological polar surface area (TPSA) is 26.3 Å². The minimum Gasteiger partial charge on any atom is -0.379 e. The molecule has 0 heterocycles. The Morgan fingerprint density at radius 3 is 1.71 bits per heavy atom. The Labute approximate surface area is 134 Å². The second kappa shape index (κ2) is 12.2. The van der Waals surface area contributed by atoms with E-state index in [9.17, 15) is 4.79 Å². The second-order valence-corrected chi connectivity index (χ2v) is 7.64. The number of hydrogen-bond donors (Lipinski definition) is 0. The molecule has 128 valence electrons. The molecule has 0 radical (unpaired) electrons. The van der Waals surface area contributed by atoms with Crippen molar-refractivity contribution in [2.45, 2.75) is 99.0 Å². The summed E-state index contributed by atoms with van der Waals surface area (Å²) < 4.78 is 5.30. The Morgan fingerprint density at radius 2 is 1.57 bits per heavy atom. The van der Waals surface area contributed by atoms with Crippen molar-refractivity contribution in [3.8, 4) is 0 Å². The molecule has 0 saturated heterocycles. The Kier molecular flexibility index (Phi) is 13.3. The highest BCUT2D eigenvalue weighted by atomic mass is 16.5. The molecule has 0 aliphatic heterocycles. The smallest absolute Gasteiger partial charge is 0.123 e. The maximum atomic E-state index is 10.4. The molecule has 1 unspecified atom stereocenters. The van der Waals surface area contributed by atoms with Crippen LogP contribution in [0.15, 0.2) is 0 Å². The summed E-state index contributed by atoms with van der Waals surface area (Å²) in [5.74, 6) is 0.264. The number of hydrogen-bond acceptors (Lipinski definition) is 2. The fourth-order valence-electron chi connectivity index (χ4n) is 2.40. The van der Waals surface area contributed by atoms with E-state index < -0.39 is 0 Å². The van der Waals surface area contributed by atoms with Gasteiger partial charge in [-0.05, 0) is 38.0 Å². The minimum atomic E-state index is 0.236. The maximum absolute atomic E-state index is 10.4. The Bertz CT molecular complexity index is 234. The molecular weight excluding hydrogens is 260 g/mol. The highest BCUT2D eigenvalue weighted by Gasteiger charge is 2.27. The van der Waals surface area contributed by atoms with Gasteiger partial charge in [-0.3, -0.25) is 0 Å². The Balaban J connectivity index is 0. The fourth-order valence-corrected chi connectivity index (χ4v) is 2.40. The summed E-state index contributed by atoms with van der Waals surface area (Å²) in [6, 6.07) is 0. The van der Waals surface area contributed by atoms with E-state index in [0.29, 0.717) is 5.41 Å². The molecule has 1 rings (SSSR count). The van der Waals surface area contributed by atoms with E-state index in [2.05, 4.69) is 48.5 Å². The zero-order chi connectivity index (χ0) is 16.9. The molecular formula is C19H40O2. The van der Waals surface area contributed by atoms with Crippen molar-refractivity contribution < 1.29 is 9.53 Å². The van der Waals surface area contributed by atoms with Gasteiger partial charge in [0.15, 0.2) is 0 Å². The molecule has 1 atom stereocenters. The van der Waals surface area contributed by atoms with Crippen LogP contribution in [0.5, 0.6) is 0 Å². The van der Waals surface area contributed by atoms with Crippen LogP contribution in [0.3, 0.4) is 0 Å². The predicted molar refractivity (Wildman–Crippen MR) is 93.8 cm³/mol. The normalized spacial score (nSPS) is 17.9. The van der Waals surface area contributed by atoms with Gasteiger partial charge < -0.3 is 9.53 Å². The van der Waals surface area contributed by atoms with Gasteiger partial charge in [-0.1, -0.05) is 60.8 Å². The molecule has 0 aromatic carbocycles. The third-order valence-electron chi connectivity index (χ3n) is 3.75. The van der Waals surface area contributed by atoms with Crippen molar-refractivity contribution in [1.29, 1.82) is 0 Å². The summed E-state index contributed by atoms with van der Waals surface area (Å²) in [6.07, 6.45) is 9.51. The van der Waals surface area contributed by atoms with Gasteiger partial charge >= 0.3 is 0 Å². The van der Waals surface area contributed by atoms with Gasteiger partial charge in [0, 0.05) is 13.0 Å². The third-order valence-corrected chi connectivity index (χ3v) is 3.75. The van der Waals surface area contributed by atoms with Crippen LogP contribution in [0.1, 0.15) is 93.4 Å². The average molecular weight is 301 g/mol. The largest absolute Gasteiger partial charge is 0.379 e. The van der Waals surface area contributed by atoms with Gasteiger partial charge in [-0.25, -0.2) is 0 Å². The first kappa shape index (κ1) is 22.9. The van der Waals surface area contributed by atoms with Crippen molar-refractivity contribution in [3.63, 3.8) is 0 Å². The van der Waals surface area contributed by atoms with Crippen molar-refractivity contribution in [3.05, 3.63) is 0 Å². The van der Waals surface area contributed by atoms with Gasteiger partial charge in [0.1, 0.15) is 6.29 Å². The van der Waals surface area contributed by atoms with Gasteiger partial charge in [-0.2, -0.15) is 0 Å². The molecule has 1 aliphatic rings. The first-order valence-corrected chi connectivity index (χ1v) is 8.68. The molecule has 1 saturated carbocycles. The molecule has 0 aromatic rings. The quantitative estimate of drug-likeness (QED) is 0.592. The fraction of sp³-hybridized carbons (Fsp3) is 0.947. The van der Waals surface area contributed by atoms with E-state index in [1.165, 1.54) is 32.1 Å². The first-order valence-electron chi connectivity index (χ1n) is 8.68. The van der Waals surface area contributed by atoms with Crippen LogP contribution in [0.4, 0.5) is 0 Å². The predicted octanol–water partition coefficient (Wildman–Crippen LogP) is 6.03. The van der Waals surface area contributed by atoms with E-state index in [1.807, 2.05) is 7.11 Å². The molecule has 0 spiro atoms. The number of aldehydes is 1. The molecule has 1 fully saturated rings.